The molecule has 34 heavy (non-hydrogen) atoms. The third-order valence-electron chi connectivity index (χ3n) is 7.52. The second-order valence-electron chi connectivity index (χ2n) is 10.8. The van der Waals surface area contributed by atoms with Crippen LogP contribution in [0.3, 0.4) is 0 Å². The number of nitrogens with zero attached hydrogens (tertiary/aromatic N) is 2. The number of aryl methyl sites for hydroxylation is 1. The molecule has 0 saturated heterocycles. The zero-order valence-corrected chi connectivity index (χ0v) is 21.6. The maximum absolute atomic E-state index is 13.6. The Kier molecular flexibility index (Phi) is 5.33. The summed E-state index contributed by atoms with van der Waals surface area (Å²) in [5.74, 6) is 0.581. The number of fused-ring (bicyclic) bond motifs is 5. The normalized spacial score (nSPS) is 19.2. The second kappa shape index (κ2) is 7.88. The lowest BCUT2D eigenvalue weighted by Crippen LogP contribution is -2.43. The zero-order chi connectivity index (χ0) is 24.4. The largest absolute Gasteiger partial charge is 0.497 e. The fourth-order valence-corrected chi connectivity index (χ4v) is 6.44. The summed E-state index contributed by atoms with van der Waals surface area (Å²) in [5.41, 5.74) is 3.98. The van der Waals surface area contributed by atoms with Crippen molar-refractivity contribution >= 4 is 24.8 Å². The molecule has 1 atom stereocenters. The molecule has 1 aliphatic heterocycles. The zero-order valence-electron chi connectivity index (χ0n) is 20.6. The molecule has 3 aromatic rings. The van der Waals surface area contributed by atoms with Gasteiger partial charge in [0.1, 0.15) is 11.4 Å². The summed E-state index contributed by atoms with van der Waals surface area (Å²) in [6.07, 6.45) is 1.74. The lowest BCUT2D eigenvalue weighted by atomic mass is 9.77. The number of rotatable bonds is 5. The molecule has 5 rings (SSSR count). The van der Waals surface area contributed by atoms with E-state index in [-0.39, 0.29) is 24.2 Å². The van der Waals surface area contributed by atoms with Gasteiger partial charge in [0.25, 0.3) is 5.56 Å². The molecule has 0 saturated carbocycles. The van der Waals surface area contributed by atoms with Gasteiger partial charge in [0.05, 0.1) is 30.6 Å². The van der Waals surface area contributed by atoms with Gasteiger partial charge < -0.3 is 14.4 Å². The van der Waals surface area contributed by atoms with Gasteiger partial charge in [-0.25, -0.2) is 4.98 Å². The third kappa shape index (κ3) is 3.44. The van der Waals surface area contributed by atoms with Crippen molar-refractivity contribution in [3.63, 3.8) is 0 Å². The van der Waals surface area contributed by atoms with E-state index in [1.807, 2.05) is 24.3 Å². The summed E-state index contributed by atoms with van der Waals surface area (Å²) in [4.78, 5) is 31.2. The first-order chi connectivity index (χ1) is 16.1. The Morgan fingerprint density at radius 2 is 1.91 bits per heavy atom. The van der Waals surface area contributed by atoms with Gasteiger partial charge in [-0.05, 0) is 49.1 Å². The monoisotopic (exact) mass is 476 g/mol. The van der Waals surface area contributed by atoms with Crippen molar-refractivity contribution in [2.75, 3.05) is 7.11 Å². The van der Waals surface area contributed by atoms with Crippen LogP contribution in [0.4, 0.5) is 0 Å². The standard InChI is InChI=1S/C27H32N2O4Si/c1-6-27(32)21-14-23-25-20(15-29(23)26(31)18(21)8-10-24(27)30)17(11-12-34(3,4)5)19-13-16(33-2)7-9-22(19)28-25/h7,9,13-14,32H,6,8,10-12,15H2,1-5H3/t27-/m0/s1. The van der Waals surface area contributed by atoms with Gasteiger partial charge in [-0.15, -0.1) is 0 Å². The molecule has 1 aromatic carbocycles. The molecule has 0 radical (unpaired) electrons. The van der Waals surface area contributed by atoms with E-state index in [9.17, 15) is 14.7 Å². The van der Waals surface area contributed by atoms with Crippen LogP contribution >= 0.6 is 0 Å². The summed E-state index contributed by atoms with van der Waals surface area (Å²) >= 11 is 0. The fraction of sp³-hybridized carbons (Fsp3) is 0.444. The van der Waals surface area contributed by atoms with Crippen molar-refractivity contribution in [3.8, 4) is 17.1 Å². The van der Waals surface area contributed by atoms with Crippen LogP contribution in [0.1, 0.15) is 42.0 Å². The highest BCUT2D eigenvalue weighted by Gasteiger charge is 2.43. The molecule has 2 aromatic heterocycles. The smallest absolute Gasteiger partial charge is 0.254 e. The predicted molar refractivity (Wildman–Crippen MR) is 136 cm³/mol. The molecule has 6 nitrogen and oxygen atoms in total. The summed E-state index contributed by atoms with van der Waals surface area (Å²) in [6, 6.07) is 8.91. The van der Waals surface area contributed by atoms with Gasteiger partial charge in [0.2, 0.25) is 0 Å². The van der Waals surface area contributed by atoms with Crippen LogP contribution in [0.2, 0.25) is 25.7 Å². The van der Waals surface area contributed by atoms with E-state index in [2.05, 4.69) is 19.6 Å². The van der Waals surface area contributed by atoms with E-state index < -0.39 is 13.7 Å². The molecule has 178 valence electrons. The first-order valence-corrected chi connectivity index (χ1v) is 15.8. The number of Topliss-reactive ketones (excluding diaryl/α,β-unsaturated/α-hetero) is 1. The minimum atomic E-state index is -1.60. The van der Waals surface area contributed by atoms with Gasteiger partial charge in [0.15, 0.2) is 5.78 Å². The molecular formula is C27H32N2O4Si. The first-order valence-electron chi connectivity index (χ1n) is 12.1. The molecule has 0 bridgehead atoms. The quantitative estimate of drug-likeness (QED) is 0.431. The highest BCUT2D eigenvalue weighted by Crippen LogP contribution is 2.41. The Bertz CT molecular complexity index is 1400. The van der Waals surface area contributed by atoms with Crippen molar-refractivity contribution in [1.82, 2.24) is 9.55 Å². The van der Waals surface area contributed by atoms with Crippen LogP contribution < -0.4 is 10.3 Å². The summed E-state index contributed by atoms with van der Waals surface area (Å²) in [5, 5.41) is 12.3. The molecule has 1 aliphatic carbocycles. The predicted octanol–water partition coefficient (Wildman–Crippen LogP) is 4.43. The molecule has 0 unspecified atom stereocenters. The number of carbonyl (C=O) groups excluding carboxylic acids is 1. The van der Waals surface area contributed by atoms with Crippen LogP contribution in [0, 0.1) is 0 Å². The number of methoxy groups -OCH3 is 1. The lowest BCUT2D eigenvalue weighted by Gasteiger charge is -2.32. The topological polar surface area (TPSA) is 81.4 Å². The van der Waals surface area contributed by atoms with Crippen LogP contribution in [-0.2, 0) is 29.8 Å². The number of ether oxygens (including phenoxy) is 1. The van der Waals surface area contributed by atoms with Crippen molar-refractivity contribution in [2.45, 2.75) is 70.4 Å². The average Bonchev–Trinajstić information content (AvgIpc) is 3.17. The van der Waals surface area contributed by atoms with Crippen molar-refractivity contribution < 1.29 is 14.6 Å². The number of benzene rings is 1. The number of pyridine rings is 2. The summed E-state index contributed by atoms with van der Waals surface area (Å²) in [7, 11) is 0.350. The van der Waals surface area contributed by atoms with E-state index in [0.29, 0.717) is 29.8 Å². The minimum absolute atomic E-state index is 0.109. The third-order valence-corrected chi connectivity index (χ3v) is 9.27. The molecule has 0 amide bonds. The summed E-state index contributed by atoms with van der Waals surface area (Å²) < 4.78 is 7.29. The Morgan fingerprint density at radius 3 is 2.59 bits per heavy atom. The van der Waals surface area contributed by atoms with E-state index in [0.717, 1.165) is 40.4 Å². The average molecular weight is 477 g/mol. The van der Waals surface area contributed by atoms with E-state index in [4.69, 9.17) is 9.72 Å². The Labute approximate surface area is 200 Å². The van der Waals surface area contributed by atoms with Gasteiger partial charge in [-0.1, -0.05) is 32.6 Å². The Morgan fingerprint density at radius 1 is 1.15 bits per heavy atom. The van der Waals surface area contributed by atoms with Crippen molar-refractivity contribution in [2.24, 2.45) is 0 Å². The molecule has 0 fully saturated rings. The van der Waals surface area contributed by atoms with Crippen molar-refractivity contribution in [3.05, 3.63) is 56.9 Å². The SMILES string of the molecule is CC[C@@]1(O)C(=O)CCc2c1cc1n(c2=O)Cc2c-1nc1ccc(OC)cc1c2CC[Si](C)(C)C. The van der Waals surface area contributed by atoms with E-state index >= 15 is 0 Å². The highest BCUT2D eigenvalue weighted by atomic mass is 28.3. The lowest BCUT2D eigenvalue weighted by molar-refractivity contribution is -0.140. The molecular weight excluding hydrogens is 444 g/mol. The van der Waals surface area contributed by atoms with E-state index in [1.165, 1.54) is 5.56 Å². The fourth-order valence-electron chi connectivity index (χ4n) is 5.44. The number of carbonyl (C=O) groups is 1. The first kappa shape index (κ1) is 23.0. The van der Waals surface area contributed by atoms with Crippen LogP contribution in [-0.4, -0.2) is 35.6 Å². The minimum Gasteiger partial charge on any atom is -0.497 e. The maximum atomic E-state index is 13.6. The van der Waals surface area contributed by atoms with Crippen LogP contribution in [0.25, 0.3) is 22.3 Å². The number of aromatic nitrogens is 2. The number of ketones is 1. The van der Waals surface area contributed by atoms with Gasteiger partial charge in [0, 0.05) is 36.6 Å². The number of aliphatic hydroxyl groups is 1. The Balaban J connectivity index is 1.77. The maximum Gasteiger partial charge on any atom is 0.254 e. The number of hydrogen-bond donors (Lipinski definition) is 1. The molecule has 0 spiro atoms. The second-order valence-corrected chi connectivity index (χ2v) is 16.4. The van der Waals surface area contributed by atoms with E-state index in [1.54, 1.807) is 18.6 Å². The van der Waals surface area contributed by atoms with Crippen molar-refractivity contribution in [1.29, 1.82) is 0 Å². The van der Waals surface area contributed by atoms with Gasteiger partial charge in [-0.3, -0.25) is 9.59 Å². The molecule has 3 heterocycles. The molecule has 1 N–H and O–H groups in total. The summed E-state index contributed by atoms with van der Waals surface area (Å²) in [6.45, 7) is 9.36. The number of hydrogen-bond acceptors (Lipinski definition) is 5. The molecule has 2 aliphatic rings. The Hall–Kier alpha value is -2.77. The van der Waals surface area contributed by atoms with Gasteiger partial charge in [-0.2, -0.15) is 0 Å². The van der Waals surface area contributed by atoms with Crippen LogP contribution in [0.15, 0.2) is 29.1 Å². The highest BCUT2D eigenvalue weighted by molar-refractivity contribution is 6.76. The van der Waals surface area contributed by atoms with Crippen LogP contribution in [0.5, 0.6) is 5.75 Å². The van der Waals surface area contributed by atoms with Gasteiger partial charge >= 0.3 is 0 Å². The molecule has 7 heteroatoms.